The molecule has 6 aromatic rings. The number of hydrogen-bond acceptors (Lipinski definition) is 8. The first kappa shape index (κ1) is 29.1. The van der Waals surface area contributed by atoms with Gasteiger partial charge in [-0.3, -0.25) is 24.2 Å². The molecule has 0 aliphatic heterocycles. The van der Waals surface area contributed by atoms with Gasteiger partial charge in [0.15, 0.2) is 10.8 Å². The maximum absolute atomic E-state index is 13.4. The van der Waals surface area contributed by atoms with Gasteiger partial charge in [-0.25, -0.2) is 14.8 Å². The van der Waals surface area contributed by atoms with Crippen LogP contribution in [0.2, 0.25) is 0 Å². The molecule has 0 atom stereocenters. The van der Waals surface area contributed by atoms with Crippen LogP contribution in [0.4, 0.5) is 16.6 Å². The van der Waals surface area contributed by atoms with Gasteiger partial charge >= 0.3 is 5.97 Å². The molecule has 10 rings (SSSR count). The number of carbonyl (C=O) groups is 2. The number of aromatic carboxylic acids is 1. The highest BCUT2D eigenvalue weighted by Crippen LogP contribution is 2.60. The number of fused-ring (bicyclic) bond motifs is 2. The molecule has 5 heterocycles. The molecule has 48 heavy (non-hydrogen) atoms. The SMILES string of the molecule is Cc1c(-c2ccn3c(Nc4ccncc4C(=O)Nc4nc5ccccc5s4)cnc3c2C(=O)O)cnn1CC12CC3CC(CC(C3)C1)C2. The molecular weight excluding hydrogens is 625 g/mol. The Hall–Kier alpha value is -5.10. The fourth-order valence-corrected chi connectivity index (χ4v) is 10.0. The first-order chi connectivity index (χ1) is 23.3. The van der Waals surface area contributed by atoms with E-state index in [9.17, 15) is 14.7 Å². The molecule has 0 radical (unpaired) electrons. The van der Waals surface area contributed by atoms with Gasteiger partial charge in [0.05, 0.1) is 33.9 Å². The van der Waals surface area contributed by atoms with Crippen LogP contribution in [-0.4, -0.2) is 46.1 Å². The number of carbonyl (C=O) groups excluding carboxylic acids is 1. The van der Waals surface area contributed by atoms with Crippen LogP contribution in [-0.2, 0) is 6.54 Å². The second kappa shape index (κ2) is 11.0. The number of para-hydroxylation sites is 1. The summed E-state index contributed by atoms with van der Waals surface area (Å²) in [7, 11) is 0. The molecule has 4 aliphatic rings. The number of benzene rings is 1. The van der Waals surface area contributed by atoms with E-state index < -0.39 is 5.97 Å². The minimum Gasteiger partial charge on any atom is -0.478 e. The van der Waals surface area contributed by atoms with E-state index in [4.69, 9.17) is 5.10 Å². The van der Waals surface area contributed by atoms with Gasteiger partial charge in [-0.1, -0.05) is 23.5 Å². The van der Waals surface area contributed by atoms with Crippen LogP contribution < -0.4 is 10.6 Å². The van der Waals surface area contributed by atoms with Gasteiger partial charge < -0.3 is 10.4 Å². The molecule has 11 nitrogen and oxygen atoms in total. The first-order valence-electron chi connectivity index (χ1n) is 16.5. The van der Waals surface area contributed by atoms with Crippen molar-refractivity contribution in [1.29, 1.82) is 0 Å². The van der Waals surface area contributed by atoms with Crippen molar-refractivity contribution in [2.45, 2.75) is 52.0 Å². The van der Waals surface area contributed by atoms with Gasteiger partial charge in [-0.2, -0.15) is 5.10 Å². The lowest BCUT2D eigenvalue weighted by atomic mass is 9.49. The lowest BCUT2D eigenvalue weighted by molar-refractivity contribution is -0.0638. The molecule has 4 fully saturated rings. The Balaban J connectivity index is 1.01. The van der Waals surface area contributed by atoms with Crippen molar-refractivity contribution < 1.29 is 14.7 Å². The number of anilines is 3. The topological polar surface area (TPSA) is 139 Å². The van der Waals surface area contributed by atoms with E-state index in [-0.39, 0.29) is 11.5 Å². The maximum atomic E-state index is 13.4. The van der Waals surface area contributed by atoms with E-state index >= 15 is 0 Å². The highest BCUT2D eigenvalue weighted by molar-refractivity contribution is 7.22. The molecule has 4 saturated carbocycles. The van der Waals surface area contributed by atoms with Crippen molar-refractivity contribution in [1.82, 2.24) is 29.1 Å². The van der Waals surface area contributed by atoms with Gasteiger partial charge in [-0.15, -0.1) is 0 Å². The number of pyridine rings is 2. The Morgan fingerprint density at radius 1 is 1.00 bits per heavy atom. The van der Waals surface area contributed by atoms with Gasteiger partial charge in [0, 0.05) is 42.0 Å². The second-order valence-corrected chi connectivity index (χ2v) is 15.0. The number of rotatable bonds is 8. The van der Waals surface area contributed by atoms with E-state index in [1.54, 1.807) is 22.9 Å². The Kier molecular flexibility index (Phi) is 6.65. The Morgan fingerprint density at radius 2 is 1.77 bits per heavy atom. The summed E-state index contributed by atoms with van der Waals surface area (Å²) in [5, 5.41) is 21.9. The third-order valence-corrected chi connectivity index (χ3v) is 11.7. The van der Waals surface area contributed by atoms with E-state index in [1.807, 2.05) is 49.6 Å². The molecule has 1 aromatic carbocycles. The molecule has 0 saturated heterocycles. The van der Waals surface area contributed by atoms with E-state index in [2.05, 4.69) is 30.3 Å². The van der Waals surface area contributed by atoms with Crippen molar-refractivity contribution in [2.75, 3.05) is 10.6 Å². The quantitative estimate of drug-likeness (QED) is 0.154. The molecule has 0 spiro atoms. The first-order valence-corrected chi connectivity index (χ1v) is 17.3. The number of hydrogen-bond donors (Lipinski definition) is 3. The van der Waals surface area contributed by atoms with Crippen molar-refractivity contribution in [3.8, 4) is 11.1 Å². The fourth-order valence-electron chi connectivity index (χ4n) is 9.16. The number of imidazole rings is 1. The Labute approximate surface area is 280 Å². The summed E-state index contributed by atoms with van der Waals surface area (Å²) in [6.07, 6.45) is 16.3. The smallest absolute Gasteiger partial charge is 0.340 e. The molecule has 12 heteroatoms. The number of nitrogens with zero attached hydrogens (tertiary/aromatic N) is 6. The van der Waals surface area contributed by atoms with Crippen LogP contribution in [0.3, 0.4) is 0 Å². The fraction of sp³-hybridized carbons (Fsp3) is 0.333. The number of amides is 1. The van der Waals surface area contributed by atoms with Crippen LogP contribution in [0.15, 0.2) is 67.4 Å². The third-order valence-electron chi connectivity index (χ3n) is 10.8. The predicted molar refractivity (Wildman–Crippen MR) is 184 cm³/mol. The standard InChI is InChI=1S/C36H34N8O3S/c1-20-25(17-39-44(20)19-36-13-21-10-22(14-36)12-23(11-21)15-36)24-7-9-43-30(18-38-32(43)31(24)34(46)47)40-27-6-8-37-16-26(27)33(45)42-35-41-28-4-2-3-5-29(28)48-35/h2-9,16-18,21-23H,10-15,19H2,1H3,(H,37,40)(H,46,47)(H,41,42,45). The average molecular weight is 659 g/mol. The maximum Gasteiger partial charge on any atom is 0.340 e. The van der Waals surface area contributed by atoms with E-state index in [1.165, 1.54) is 56.1 Å². The summed E-state index contributed by atoms with van der Waals surface area (Å²) in [5.41, 5.74) is 4.69. The van der Waals surface area contributed by atoms with Crippen LogP contribution in [0.25, 0.3) is 27.0 Å². The number of thiazole rings is 1. The summed E-state index contributed by atoms with van der Waals surface area (Å²) >= 11 is 1.39. The lowest BCUT2D eigenvalue weighted by Crippen LogP contribution is -2.48. The van der Waals surface area contributed by atoms with Crippen LogP contribution in [0, 0.1) is 30.1 Å². The van der Waals surface area contributed by atoms with Gasteiger partial charge in [0.25, 0.3) is 5.91 Å². The Bertz CT molecular complexity index is 2180. The number of carboxylic acid groups (broad SMARTS) is 1. The molecule has 4 aliphatic carbocycles. The van der Waals surface area contributed by atoms with Crippen LogP contribution in [0.1, 0.15) is 64.9 Å². The summed E-state index contributed by atoms with van der Waals surface area (Å²) in [6.45, 7) is 2.94. The average Bonchev–Trinajstić information content (AvgIpc) is 3.76. The minimum absolute atomic E-state index is 0.103. The van der Waals surface area contributed by atoms with E-state index in [0.717, 1.165) is 45.8 Å². The number of carboxylic acids is 1. The second-order valence-electron chi connectivity index (χ2n) is 14.0. The zero-order valence-corrected chi connectivity index (χ0v) is 27.2. The molecule has 3 N–H and O–H groups in total. The monoisotopic (exact) mass is 658 g/mol. The van der Waals surface area contributed by atoms with Crippen molar-refractivity contribution in [3.05, 3.63) is 84.2 Å². The van der Waals surface area contributed by atoms with Gasteiger partial charge in [-0.05, 0) is 92.9 Å². The molecule has 1 amide bonds. The molecule has 5 aromatic heterocycles. The zero-order valence-electron chi connectivity index (χ0n) is 26.4. The molecule has 4 bridgehead atoms. The van der Waals surface area contributed by atoms with Crippen molar-refractivity contribution in [2.24, 2.45) is 23.2 Å². The third kappa shape index (κ3) is 4.85. The zero-order chi connectivity index (χ0) is 32.6. The van der Waals surface area contributed by atoms with Crippen molar-refractivity contribution in [3.63, 3.8) is 0 Å². The summed E-state index contributed by atoms with van der Waals surface area (Å²) in [4.78, 5) is 39.4. The molecule has 0 unspecified atom stereocenters. The van der Waals surface area contributed by atoms with Crippen LogP contribution >= 0.6 is 11.3 Å². The summed E-state index contributed by atoms with van der Waals surface area (Å²) < 4.78 is 4.78. The Morgan fingerprint density at radius 3 is 2.52 bits per heavy atom. The summed E-state index contributed by atoms with van der Waals surface area (Å²) in [6, 6.07) is 11.2. The minimum atomic E-state index is -1.07. The molecular formula is C36H34N8O3S. The van der Waals surface area contributed by atoms with Crippen molar-refractivity contribution >= 4 is 55.7 Å². The summed E-state index contributed by atoms with van der Waals surface area (Å²) in [5.74, 6) is 1.63. The van der Waals surface area contributed by atoms with Gasteiger partial charge in [0.1, 0.15) is 11.4 Å². The van der Waals surface area contributed by atoms with E-state index in [0.29, 0.717) is 38.8 Å². The van der Waals surface area contributed by atoms with Crippen LogP contribution in [0.5, 0.6) is 0 Å². The number of aromatic nitrogens is 6. The highest BCUT2D eigenvalue weighted by atomic mass is 32.1. The normalized spacial score (nSPS) is 22.8. The lowest BCUT2D eigenvalue weighted by Gasteiger charge is -2.56. The van der Waals surface area contributed by atoms with Gasteiger partial charge in [0.2, 0.25) is 0 Å². The largest absolute Gasteiger partial charge is 0.478 e. The molecule has 242 valence electrons. The number of nitrogens with one attached hydrogen (secondary N) is 2. The highest BCUT2D eigenvalue weighted by Gasteiger charge is 2.51. The predicted octanol–water partition coefficient (Wildman–Crippen LogP) is 7.42.